The van der Waals surface area contributed by atoms with Gasteiger partial charge < -0.3 is 5.73 Å². The van der Waals surface area contributed by atoms with Crippen LogP contribution in [-0.2, 0) is 0 Å². The van der Waals surface area contributed by atoms with Gasteiger partial charge in [-0.3, -0.25) is 4.90 Å². The molecule has 0 bridgehead atoms. The first-order chi connectivity index (χ1) is 6.79. The molecular weight excluding hydrogens is 192 g/mol. The Morgan fingerprint density at radius 3 is 2.57 bits per heavy atom. The molecule has 2 saturated heterocycles. The zero-order chi connectivity index (χ0) is 10.0. The highest BCUT2D eigenvalue weighted by Gasteiger charge is 2.44. The van der Waals surface area contributed by atoms with Crippen LogP contribution in [0.15, 0.2) is 0 Å². The van der Waals surface area contributed by atoms with Crippen LogP contribution in [0.3, 0.4) is 0 Å². The Bertz CT molecular complexity index is 192. The monoisotopic (exact) mass is 214 g/mol. The van der Waals surface area contributed by atoms with Gasteiger partial charge in [0.2, 0.25) is 0 Å². The van der Waals surface area contributed by atoms with Crippen LogP contribution in [0.2, 0.25) is 0 Å². The van der Waals surface area contributed by atoms with Crippen molar-refractivity contribution in [3.8, 4) is 0 Å². The fraction of sp³-hybridized carbons (Fsp3) is 1.00. The summed E-state index contributed by atoms with van der Waals surface area (Å²) in [4.78, 5) is 2.68. The second-order valence-corrected chi connectivity index (χ2v) is 6.07. The molecule has 2 unspecified atom stereocenters. The van der Waals surface area contributed by atoms with Crippen LogP contribution in [0.4, 0.5) is 0 Å². The molecule has 0 saturated carbocycles. The number of nitrogens with zero attached hydrogens (tertiary/aromatic N) is 1. The summed E-state index contributed by atoms with van der Waals surface area (Å²) in [6.07, 6.45) is 5.46. The first kappa shape index (κ1) is 10.8. The van der Waals surface area contributed by atoms with Crippen molar-refractivity contribution in [1.29, 1.82) is 0 Å². The largest absolute Gasteiger partial charge is 0.329 e. The van der Waals surface area contributed by atoms with E-state index in [-0.39, 0.29) is 0 Å². The standard InChI is InChI=1S/C11H22N2S/c1-10-11(9-12,5-8-14-10)13-6-3-2-4-7-13/h10H,2-9,12H2,1H3. The fourth-order valence-electron chi connectivity index (χ4n) is 2.92. The van der Waals surface area contributed by atoms with E-state index in [1.165, 1.54) is 44.5 Å². The molecule has 2 atom stereocenters. The topological polar surface area (TPSA) is 29.3 Å². The third kappa shape index (κ3) is 1.70. The molecule has 0 radical (unpaired) electrons. The maximum Gasteiger partial charge on any atom is 0.0455 e. The van der Waals surface area contributed by atoms with Crippen molar-refractivity contribution in [3.05, 3.63) is 0 Å². The molecule has 0 spiro atoms. The van der Waals surface area contributed by atoms with Gasteiger partial charge in [-0.25, -0.2) is 0 Å². The minimum atomic E-state index is 0.338. The van der Waals surface area contributed by atoms with Crippen LogP contribution in [-0.4, -0.2) is 41.1 Å². The number of likely N-dealkylation sites (tertiary alicyclic amines) is 1. The second-order valence-electron chi connectivity index (χ2n) is 4.62. The lowest BCUT2D eigenvalue weighted by Gasteiger charge is -2.45. The minimum Gasteiger partial charge on any atom is -0.329 e. The molecule has 0 aliphatic carbocycles. The second kappa shape index (κ2) is 4.42. The lowest BCUT2D eigenvalue weighted by molar-refractivity contribution is 0.0759. The molecule has 2 aliphatic heterocycles. The number of nitrogens with two attached hydrogens (primary N) is 1. The van der Waals surface area contributed by atoms with Crippen molar-refractivity contribution in [2.45, 2.75) is 43.4 Å². The van der Waals surface area contributed by atoms with Crippen LogP contribution in [0, 0.1) is 0 Å². The highest BCUT2D eigenvalue weighted by molar-refractivity contribution is 8.00. The molecule has 2 aliphatic rings. The van der Waals surface area contributed by atoms with Crippen LogP contribution in [0.1, 0.15) is 32.6 Å². The van der Waals surface area contributed by atoms with E-state index >= 15 is 0 Å². The SMILES string of the molecule is CC1SCCC1(CN)N1CCCCC1. The smallest absolute Gasteiger partial charge is 0.0455 e. The Kier molecular flexibility index (Phi) is 3.40. The van der Waals surface area contributed by atoms with Crippen LogP contribution < -0.4 is 5.73 Å². The Morgan fingerprint density at radius 1 is 1.36 bits per heavy atom. The van der Waals surface area contributed by atoms with Gasteiger partial charge in [-0.15, -0.1) is 0 Å². The summed E-state index contributed by atoms with van der Waals surface area (Å²) < 4.78 is 0. The van der Waals surface area contributed by atoms with Gasteiger partial charge in [0, 0.05) is 17.3 Å². The van der Waals surface area contributed by atoms with E-state index in [0.29, 0.717) is 5.54 Å². The number of thioether (sulfide) groups is 1. The average molecular weight is 214 g/mol. The van der Waals surface area contributed by atoms with E-state index in [0.717, 1.165) is 11.8 Å². The third-order valence-corrected chi connectivity index (χ3v) is 5.38. The predicted octanol–water partition coefficient (Wildman–Crippen LogP) is 1.70. The van der Waals surface area contributed by atoms with Crippen molar-refractivity contribution >= 4 is 11.8 Å². The van der Waals surface area contributed by atoms with Crippen LogP contribution in [0.25, 0.3) is 0 Å². The number of rotatable bonds is 2. The third-order valence-electron chi connectivity index (χ3n) is 4.00. The van der Waals surface area contributed by atoms with Crippen molar-refractivity contribution in [2.24, 2.45) is 5.73 Å². The van der Waals surface area contributed by atoms with Gasteiger partial charge in [0.15, 0.2) is 0 Å². The first-order valence-corrected chi connectivity index (χ1v) is 6.91. The summed E-state index contributed by atoms with van der Waals surface area (Å²) in [5.74, 6) is 1.30. The molecule has 2 nitrogen and oxygen atoms in total. The van der Waals surface area contributed by atoms with E-state index in [9.17, 15) is 0 Å². The average Bonchev–Trinajstić information content (AvgIpc) is 2.62. The summed E-state index contributed by atoms with van der Waals surface area (Å²) in [5.41, 5.74) is 6.37. The number of hydrogen-bond donors (Lipinski definition) is 1. The summed E-state index contributed by atoms with van der Waals surface area (Å²) in [5, 5.41) is 0.727. The Hall–Kier alpha value is 0.270. The van der Waals surface area contributed by atoms with Gasteiger partial charge in [-0.2, -0.15) is 11.8 Å². The quantitative estimate of drug-likeness (QED) is 0.758. The van der Waals surface area contributed by atoms with Crippen LogP contribution >= 0.6 is 11.8 Å². The Balaban J connectivity index is 2.09. The molecule has 3 heteroatoms. The number of hydrogen-bond acceptors (Lipinski definition) is 3. The summed E-state index contributed by atoms with van der Waals surface area (Å²) in [7, 11) is 0. The van der Waals surface area contributed by atoms with E-state index < -0.39 is 0 Å². The Morgan fingerprint density at radius 2 is 2.07 bits per heavy atom. The van der Waals surface area contributed by atoms with Crippen molar-refractivity contribution in [1.82, 2.24) is 4.90 Å². The minimum absolute atomic E-state index is 0.338. The molecule has 0 amide bonds. The Labute approximate surface area is 91.6 Å². The fourth-order valence-corrected chi connectivity index (χ4v) is 4.42. The maximum absolute atomic E-state index is 6.04. The van der Waals surface area contributed by atoms with Gasteiger partial charge in [-0.05, 0) is 38.1 Å². The van der Waals surface area contributed by atoms with Crippen LogP contribution in [0.5, 0.6) is 0 Å². The predicted molar refractivity (Wildman–Crippen MR) is 63.7 cm³/mol. The van der Waals surface area contributed by atoms with E-state index in [2.05, 4.69) is 23.6 Å². The van der Waals surface area contributed by atoms with Gasteiger partial charge in [-0.1, -0.05) is 13.3 Å². The normalized spacial score (nSPS) is 40.3. The molecule has 2 rings (SSSR count). The molecule has 82 valence electrons. The van der Waals surface area contributed by atoms with Gasteiger partial charge >= 0.3 is 0 Å². The number of piperidine rings is 1. The molecule has 0 aromatic heterocycles. The molecule has 14 heavy (non-hydrogen) atoms. The summed E-state index contributed by atoms with van der Waals surface area (Å²) in [6, 6.07) is 0. The van der Waals surface area contributed by atoms with Crippen molar-refractivity contribution < 1.29 is 0 Å². The first-order valence-electron chi connectivity index (χ1n) is 5.86. The highest BCUT2D eigenvalue weighted by atomic mass is 32.2. The van der Waals surface area contributed by atoms with Crippen molar-refractivity contribution in [2.75, 3.05) is 25.4 Å². The zero-order valence-electron chi connectivity index (χ0n) is 9.17. The molecule has 2 N–H and O–H groups in total. The zero-order valence-corrected chi connectivity index (χ0v) is 9.98. The van der Waals surface area contributed by atoms with Crippen molar-refractivity contribution in [3.63, 3.8) is 0 Å². The molecule has 2 heterocycles. The van der Waals surface area contributed by atoms with E-state index in [1.807, 2.05) is 0 Å². The van der Waals surface area contributed by atoms with E-state index in [1.54, 1.807) is 0 Å². The summed E-state index contributed by atoms with van der Waals surface area (Å²) >= 11 is 2.10. The van der Waals surface area contributed by atoms with Gasteiger partial charge in [0.1, 0.15) is 0 Å². The van der Waals surface area contributed by atoms with Gasteiger partial charge in [0.25, 0.3) is 0 Å². The molecule has 2 fully saturated rings. The lowest BCUT2D eigenvalue weighted by Crippen LogP contribution is -2.58. The molecule has 0 aromatic carbocycles. The maximum atomic E-state index is 6.04. The lowest BCUT2D eigenvalue weighted by atomic mass is 9.88. The molecular formula is C11H22N2S. The van der Waals surface area contributed by atoms with Gasteiger partial charge in [0.05, 0.1) is 0 Å². The summed E-state index contributed by atoms with van der Waals surface area (Å²) in [6.45, 7) is 5.77. The highest BCUT2D eigenvalue weighted by Crippen LogP contribution is 2.40. The van der Waals surface area contributed by atoms with E-state index in [4.69, 9.17) is 5.73 Å². The molecule has 0 aromatic rings.